The van der Waals surface area contributed by atoms with Crippen molar-refractivity contribution in [3.05, 3.63) is 0 Å². The standard InChI is InChI=1S/C12H26N2O/c1-9(12(3,4)5)8-11(15)14-10(2)6-7-13/h9-10H,6-8,13H2,1-5H3,(H,14,15). The third-order valence-corrected chi connectivity index (χ3v) is 2.98. The van der Waals surface area contributed by atoms with Crippen LogP contribution in [-0.4, -0.2) is 18.5 Å². The van der Waals surface area contributed by atoms with E-state index in [4.69, 9.17) is 5.73 Å². The molecule has 0 aliphatic rings. The van der Waals surface area contributed by atoms with E-state index in [0.717, 1.165) is 6.42 Å². The van der Waals surface area contributed by atoms with Crippen molar-refractivity contribution < 1.29 is 4.79 Å². The minimum atomic E-state index is 0.137. The molecule has 3 heteroatoms. The fourth-order valence-electron chi connectivity index (χ4n) is 1.24. The van der Waals surface area contributed by atoms with Gasteiger partial charge in [-0.3, -0.25) is 4.79 Å². The molecule has 0 heterocycles. The maximum absolute atomic E-state index is 11.6. The van der Waals surface area contributed by atoms with Crippen molar-refractivity contribution in [2.24, 2.45) is 17.1 Å². The Morgan fingerprint density at radius 1 is 1.33 bits per heavy atom. The van der Waals surface area contributed by atoms with Gasteiger partial charge in [0.15, 0.2) is 0 Å². The first-order chi connectivity index (χ1) is 6.77. The van der Waals surface area contributed by atoms with Crippen LogP contribution in [0.1, 0.15) is 47.5 Å². The van der Waals surface area contributed by atoms with Gasteiger partial charge in [-0.15, -0.1) is 0 Å². The molecule has 0 spiro atoms. The van der Waals surface area contributed by atoms with Gasteiger partial charge in [-0.1, -0.05) is 27.7 Å². The number of nitrogens with one attached hydrogen (secondary N) is 1. The molecule has 90 valence electrons. The van der Waals surface area contributed by atoms with Gasteiger partial charge in [0.05, 0.1) is 0 Å². The van der Waals surface area contributed by atoms with Gasteiger partial charge >= 0.3 is 0 Å². The molecule has 1 amide bonds. The Kier molecular flexibility index (Phi) is 5.88. The quantitative estimate of drug-likeness (QED) is 0.734. The molecule has 0 rings (SSSR count). The number of amides is 1. The van der Waals surface area contributed by atoms with Crippen LogP contribution in [0.15, 0.2) is 0 Å². The van der Waals surface area contributed by atoms with E-state index in [-0.39, 0.29) is 17.4 Å². The number of hydrogen-bond acceptors (Lipinski definition) is 2. The molecular weight excluding hydrogens is 188 g/mol. The van der Waals surface area contributed by atoms with Crippen LogP contribution < -0.4 is 11.1 Å². The summed E-state index contributed by atoms with van der Waals surface area (Å²) in [5, 5.41) is 2.96. The van der Waals surface area contributed by atoms with E-state index in [1.54, 1.807) is 0 Å². The molecule has 0 aromatic carbocycles. The molecule has 15 heavy (non-hydrogen) atoms. The number of carbonyl (C=O) groups excluding carboxylic acids is 1. The van der Waals surface area contributed by atoms with Gasteiger partial charge in [-0.25, -0.2) is 0 Å². The molecule has 0 saturated carbocycles. The maximum Gasteiger partial charge on any atom is 0.220 e. The summed E-state index contributed by atoms with van der Waals surface area (Å²) in [7, 11) is 0. The van der Waals surface area contributed by atoms with Crippen LogP contribution in [0.5, 0.6) is 0 Å². The largest absolute Gasteiger partial charge is 0.354 e. The highest BCUT2D eigenvalue weighted by Crippen LogP contribution is 2.27. The Morgan fingerprint density at radius 2 is 1.87 bits per heavy atom. The molecule has 0 saturated heterocycles. The first kappa shape index (κ1) is 14.4. The van der Waals surface area contributed by atoms with Crippen LogP contribution in [0.25, 0.3) is 0 Å². The first-order valence-corrected chi connectivity index (χ1v) is 5.76. The fourth-order valence-corrected chi connectivity index (χ4v) is 1.24. The lowest BCUT2D eigenvalue weighted by molar-refractivity contribution is -0.123. The van der Waals surface area contributed by atoms with Crippen molar-refractivity contribution in [1.82, 2.24) is 5.32 Å². The third kappa shape index (κ3) is 6.50. The summed E-state index contributed by atoms with van der Waals surface area (Å²) in [6.07, 6.45) is 1.44. The zero-order valence-corrected chi connectivity index (χ0v) is 10.8. The predicted molar refractivity (Wildman–Crippen MR) is 64.5 cm³/mol. The van der Waals surface area contributed by atoms with Gasteiger partial charge in [0.1, 0.15) is 0 Å². The molecule has 0 radical (unpaired) electrons. The topological polar surface area (TPSA) is 55.1 Å². The lowest BCUT2D eigenvalue weighted by Crippen LogP contribution is -2.36. The minimum Gasteiger partial charge on any atom is -0.354 e. The average Bonchev–Trinajstić information content (AvgIpc) is 2.01. The highest BCUT2D eigenvalue weighted by molar-refractivity contribution is 5.76. The van der Waals surface area contributed by atoms with Crippen LogP contribution in [0.2, 0.25) is 0 Å². The van der Waals surface area contributed by atoms with Gasteiger partial charge in [0.25, 0.3) is 0 Å². The summed E-state index contributed by atoms with van der Waals surface area (Å²) in [6.45, 7) is 11.2. The highest BCUT2D eigenvalue weighted by atomic mass is 16.1. The lowest BCUT2D eigenvalue weighted by atomic mass is 9.80. The van der Waals surface area contributed by atoms with E-state index in [0.29, 0.717) is 18.9 Å². The van der Waals surface area contributed by atoms with Gasteiger partial charge in [-0.2, -0.15) is 0 Å². The second-order valence-electron chi connectivity index (χ2n) is 5.52. The van der Waals surface area contributed by atoms with E-state index in [1.807, 2.05) is 6.92 Å². The van der Waals surface area contributed by atoms with Crippen molar-refractivity contribution in [3.63, 3.8) is 0 Å². The highest BCUT2D eigenvalue weighted by Gasteiger charge is 2.22. The molecule has 0 aromatic rings. The van der Waals surface area contributed by atoms with Gasteiger partial charge in [-0.05, 0) is 31.2 Å². The van der Waals surface area contributed by atoms with Crippen LogP contribution in [0, 0.1) is 11.3 Å². The van der Waals surface area contributed by atoms with Crippen LogP contribution in [-0.2, 0) is 4.79 Å². The summed E-state index contributed by atoms with van der Waals surface area (Å²) in [5.41, 5.74) is 5.61. The Labute approximate surface area is 93.8 Å². The minimum absolute atomic E-state index is 0.137. The predicted octanol–water partition coefficient (Wildman–Crippen LogP) is 1.91. The Morgan fingerprint density at radius 3 is 2.27 bits per heavy atom. The van der Waals surface area contributed by atoms with E-state index in [1.165, 1.54) is 0 Å². The van der Waals surface area contributed by atoms with E-state index in [2.05, 4.69) is 33.0 Å². The molecule has 0 aliphatic heterocycles. The van der Waals surface area contributed by atoms with Crippen molar-refractivity contribution in [2.75, 3.05) is 6.54 Å². The molecule has 0 bridgehead atoms. The van der Waals surface area contributed by atoms with E-state index >= 15 is 0 Å². The van der Waals surface area contributed by atoms with Crippen molar-refractivity contribution in [1.29, 1.82) is 0 Å². The van der Waals surface area contributed by atoms with E-state index < -0.39 is 0 Å². The number of hydrogen-bond donors (Lipinski definition) is 2. The average molecular weight is 214 g/mol. The maximum atomic E-state index is 11.6. The number of nitrogens with two attached hydrogens (primary N) is 1. The molecule has 3 N–H and O–H groups in total. The zero-order valence-electron chi connectivity index (χ0n) is 10.8. The first-order valence-electron chi connectivity index (χ1n) is 5.76. The van der Waals surface area contributed by atoms with Crippen LogP contribution >= 0.6 is 0 Å². The zero-order chi connectivity index (χ0) is 12.1. The monoisotopic (exact) mass is 214 g/mol. The van der Waals surface area contributed by atoms with Crippen molar-refractivity contribution in [3.8, 4) is 0 Å². The van der Waals surface area contributed by atoms with Crippen LogP contribution in [0.4, 0.5) is 0 Å². The Bertz CT molecular complexity index is 196. The summed E-state index contributed by atoms with van der Waals surface area (Å²) in [5.74, 6) is 0.529. The molecule has 3 nitrogen and oxygen atoms in total. The summed E-state index contributed by atoms with van der Waals surface area (Å²) < 4.78 is 0. The van der Waals surface area contributed by atoms with Gasteiger partial charge in [0.2, 0.25) is 5.91 Å². The number of rotatable bonds is 5. The van der Waals surface area contributed by atoms with Crippen LogP contribution in [0.3, 0.4) is 0 Å². The summed E-state index contributed by atoms with van der Waals surface area (Å²) in [4.78, 5) is 11.6. The Balaban J connectivity index is 3.94. The molecule has 2 unspecified atom stereocenters. The summed E-state index contributed by atoms with van der Waals surface area (Å²) in [6, 6.07) is 0.190. The SMILES string of the molecule is CC(CCN)NC(=O)CC(C)C(C)(C)C. The molecule has 0 fully saturated rings. The Hall–Kier alpha value is -0.570. The second-order valence-corrected chi connectivity index (χ2v) is 5.52. The van der Waals surface area contributed by atoms with Gasteiger partial charge < -0.3 is 11.1 Å². The van der Waals surface area contributed by atoms with E-state index in [9.17, 15) is 4.79 Å². The molecule has 0 aliphatic carbocycles. The van der Waals surface area contributed by atoms with Gasteiger partial charge in [0, 0.05) is 12.5 Å². The molecule has 2 atom stereocenters. The van der Waals surface area contributed by atoms with Crippen molar-refractivity contribution >= 4 is 5.91 Å². The lowest BCUT2D eigenvalue weighted by Gasteiger charge is -2.27. The second kappa shape index (κ2) is 6.11. The molecular formula is C12H26N2O. The molecule has 0 aromatic heterocycles. The number of carbonyl (C=O) groups is 1. The van der Waals surface area contributed by atoms with Crippen molar-refractivity contribution in [2.45, 2.75) is 53.5 Å². The third-order valence-electron chi connectivity index (χ3n) is 2.98. The summed E-state index contributed by atoms with van der Waals surface area (Å²) >= 11 is 0. The smallest absolute Gasteiger partial charge is 0.220 e. The fraction of sp³-hybridized carbons (Fsp3) is 0.917. The normalized spacial score (nSPS) is 15.9.